The van der Waals surface area contributed by atoms with E-state index in [0.717, 1.165) is 4.90 Å². The fraction of sp³-hybridized carbons (Fsp3) is 0.500. The SMILES string of the molecule is Cc1ccc(C(=N)N)c(N(CC(F)(F)F)C(C)C)n1. The van der Waals surface area contributed by atoms with Crippen LogP contribution in [0, 0.1) is 12.3 Å². The van der Waals surface area contributed by atoms with Gasteiger partial charge in [-0.3, -0.25) is 5.41 Å². The Bertz CT molecular complexity index is 469. The highest BCUT2D eigenvalue weighted by Gasteiger charge is 2.33. The van der Waals surface area contributed by atoms with Crippen LogP contribution in [0.15, 0.2) is 12.1 Å². The number of halogens is 3. The minimum absolute atomic E-state index is 0.0971. The van der Waals surface area contributed by atoms with E-state index in [0.29, 0.717) is 5.69 Å². The summed E-state index contributed by atoms with van der Waals surface area (Å²) < 4.78 is 37.9. The van der Waals surface area contributed by atoms with Gasteiger partial charge in [0, 0.05) is 11.7 Å². The molecule has 1 rings (SSSR count). The Kier molecular flexibility index (Phi) is 4.39. The maximum absolute atomic E-state index is 12.6. The number of hydrogen-bond donors (Lipinski definition) is 2. The number of aromatic nitrogens is 1. The van der Waals surface area contributed by atoms with Crippen molar-refractivity contribution >= 4 is 11.7 Å². The lowest BCUT2D eigenvalue weighted by Crippen LogP contribution is -2.41. The molecule has 3 N–H and O–H groups in total. The molecule has 0 aliphatic carbocycles. The van der Waals surface area contributed by atoms with Gasteiger partial charge >= 0.3 is 6.18 Å². The molecule has 0 aromatic carbocycles. The zero-order chi connectivity index (χ0) is 14.8. The molecule has 7 heteroatoms. The summed E-state index contributed by atoms with van der Waals surface area (Å²) in [5, 5.41) is 7.44. The molecule has 0 radical (unpaired) electrons. The highest BCUT2D eigenvalue weighted by molar-refractivity contribution is 5.99. The van der Waals surface area contributed by atoms with Gasteiger partial charge in [0.1, 0.15) is 18.2 Å². The van der Waals surface area contributed by atoms with Gasteiger partial charge in [-0.05, 0) is 32.9 Å². The maximum Gasteiger partial charge on any atom is 0.405 e. The zero-order valence-electron chi connectivity index (χ0n) is 11.0. The molecule has 0 spiro atoms. The van der Waals surface area contributed by atoms with Gasteiger partial charge in [-0.1, -0.05) is 0 Å². The molecule has 0 amide bonds. The fourth-order valence-corrected chi connectivity index (χ4v) is 1.67. The van der Waals surface area contributed by atoms with Gasteiger partial charge in [0.15, 0.2) is 0 Å². The van der Waals surface area contributed by atoms with Crippen LogP contribution in [0.1, 0.15) is 25.1 Å². The van der Waals surface area contributed by atoms with E-state index < -0.39 is 18.8 Å². The number of alkyl halides is 3. The molecule has 0 bridgehead atoms. The van der Waals surface area contributed by atoms with E-state index in [1.54, 1.807) is 26.8 Å². The van der Waals surface area contributed by atoms with Crippen LogP contribution in [0.4, 0.5) is 19.0 Å². The van der Waals surface area contributed by atoms with Gasteiger partial charge in [-0.15, -0.1) is 0 Å². The Morgan fingerprint density at radius 3 is 2.42 bits per heavy atom. The summed E-state index contributed by atoms with van der Waals surface area (Å²) >= 11 is 0. The third-order valence-corrected chi connectivity index (χ3v) is 2.55. The van der Waals surface area contributed by atoms with Crippen molar-refractivity contribution in [1.82, 2.24) is 4.98 Å². The molecule has 0 saturated heterocycles. The molecule has 0 aliphatic rings. The average Bonchev–Trinajstić information content (AvgIpc) is 2.23. The van der Waals surface area contributed by atoms with Gasteiger partial charge in [0.05, 0.1) is 5.56 Å². The number of nitrogens with two attached hydrogens (primary N) is 1. The standard InChI is InChI=1S/C12H17F3N4/c1-7(2)19(6-12(13,14)15)11-9(10(16)17)5-4-8(3)18-11/h4-5,7H,6H2,1-3H3,(H3,16,17). The number of amidine groups is 1. The molecule has 4 nitrogen and oxygen atoms in total. The quantitative estimate of drug-likeness (QED) is 0.654. The topological polar surface area (TPSA) is 66.0 Å². The largest absolute Gasteiger partial charge is 0.405 e. The van der Waals surface area contributed by atoms with E-state index >= 15 is 0 Å². The second-order valence-electron chi connectivity index (χ2n) is 4.57. The van der Waals surface area contributed by atoms with Crippen molar-refractivity contribution in [1.29, 1.82) is 5.41 Å². The van der Waals surface area contributed by atoms with E-state index in [1.807, 2.05) is 0 Å². The van der Waals surface area contributed by atoms with Crippen molar-refractivity contribution in [2.75, 3.05) is 11.4 Å². The fourth-order valence-electron chi connectivity index (χ4n) is 1.67. The molecule has 0 fully saturated rings. The lowest BCUT2D eigenvalue weighted by Gasteiger charge is -2.30. The van der Waals surface area contributed by atoms with Gasteiger partial charge in [0.25, 0.3) is 0 Å². The number of aryl methyl sites for hydroxylation is 1. The van der Waals surface area contributed by atoms with Crippen molar-refractivity contribution in [3.63, 3.8) is 0 Å². The minimum Gasteiger partial charge on any atom is -0.384 e. The normalized spacial score (nSPS) is 11.7. The van der Waals surface area contributed by atoms with E-state index in [2.05, 4.69) is 4.98 Å². The zero-order valence-corrected chi connectivity index (χ0v) is 11.0. The molecule has 1 aromatic heterocycles. The molecular formula is C12H17F3N4. The van der Waals surface area contributed by atoms with Crippen molar-refractivity contribution in [2.45, 2.75) is 33.0 Å². The van der Waals surface area contributed by atoms with Gasteiger partial charge < -0.3 is 10.6 Å². The lowest BCUT2D eigenvalue weighted by molar-refractivity contribution is -0.120. The van der Waals surface area contributed by atoms with Crippen molar-refractivity contribution in [3.05, 3.63) is 23.4 Å². The van der Waals surface area contributed by atoms with Crippen LogP contribution >= 0.6 is 0 Å². The minimum atomic E-state index is -4.34. The molecule has 0 saturated carbocycles. The van der Waals surface area contributed by atoms with Crippen LogP contribution in [0.3, 0.4) is 0 Å². The molecule has 0 atom stereocenters. The summed E-state index contributed by atoms with van der Waals surface area (Å²) in [6, 6.07) is 2.73. The predicted molar refractivity (Wildman–Crippen MR) is 68.5 cm³/mol. The lowest BCUT2D eigenvalue weighted by atomic mass is 10.1. The summed E-state index contributed by atoms with van der Waals surface area (Å²) in [6.45, 7) is 3.83. The number of nitrogen functional groups attached to an aromatic ring is 1. The molecule has 0 unspecified atom stereocenters. The number of nitrogens with one attached hydrogen (secondary N) is 1. The smallest absolute Gasteiger partial charge is 0.384 e. The first kappa shape index (κ1) is 15.3. The van der Waals surface area contributed by atoms with Crippen LogP contribution in [0.25, 0.3) is 0 Å². The van der Waals surface area contributed by atoms with Gasteiger partial charge in [-0.2, -0.15) is 13.2 Å². The monoisotopic (exact) mass is 274 g/mol. The highest BCUT2D eigenvalue weighted by Crippen LogP contribution is 2.25. The third-order valence-electron chi connectivity index (χ3n) is 2.55. The number of nitrogens with zero attached hydrogens (tertiary/aromatic N) is 2. The summed E-state index contributed by atoms with van der Waals surface area (Å²) in [5.41, 5.74) is 6.19. The van der Waals surface area contributed by atoms with Crippen LogP contribution in [0.5, 0.6) is 0 Å². The van der Waals surface area contributed by atoms with E-state index in [1.165, 1.54) is 6.07 Å². The summed E-state index contributed by atoms with van der Waals surface area (Å²) in [5.74, 6) is -0.199. The second-order valence-corrected chi connectivity index (χ2v) is 4.57. The van der Waals surface area contributed by atoms with E-state index in [9.17, 15) is 13.2 Å². The number of hydrogen-bond acceptors (Lipinski definition) is 3. The summed E-state index contributed by atoms with van der Waals surface area (Å²) in [7, 11) is 0. The van der Waals surface area contributed by atoms with Crippen LogP contribution < -0.4 is 10.6 Å². The molecule has 1 aromatic rings. The highest BCUT2D eigenvalue weighted by atomic mass is 19.4. The number of pyridine rings is 1. The first-order valence-corrected chi connectivity index (χ1v) is 5.77. The average molecular weight is 274 g/mol. The first-order chi connectivity index (χ1) is 8.61. The summed E-state index contributed by atoms with van der Waals surface area (Å²) in [6.07, 6.45) is -4.34. The van der Waals surface area contributed by atoms with Gasteiger partial charge in [0.2, 0.25) is 0 Å². The van der Waals surface area contributed by atoms with Crippen molar-refractivity contribution < 1.29 is 13.2 Å². The van der Waals surface area contributed by atoms with E-state index in [-0.39, 0.29) is 17.2 Å². The Hall–Kier alpha value is -1.79. The predicted octanol–water partition coefficient (Wildman–Crippen LogP) is 2.45. The maximum atomic E-state index is 12.6. The van der Waals surface area contributed by atoms with Crippen molar-refractivity contribution in [2.24, 2.45) is 5.73 Å². The molecule has 0 aliphatic heterocycles. The first-order valence-electron chi connectivity index (χ1n) is 5.77. The number of rotatable bonds is 4. The molecule has 106 valence electrons. The van der Waals surface area contributed by atoms with Crippen LogP contribution in [-0.4, -0.2) is 29.6 Å². The number of anilines is 1. The summed E-state index contributed by atoms with van der Waals surface area (Å²) in [4.78, 5) is 5.21. The third kappa shape index (κ3) is 4.11. The second kappa shape index (κ2) is 5.46. The molecular weight excluding hydrogens is 257 g/mol. The van der Waals surface area contributed by atoms with Crippen LogP contribution in [-0.2, 0) is 0 Å². The Balaban J connectivity index is 3.29. The molecule has 19 heavy (non-hydrogen) atoms. The Labute approximate surface area is 109 Å². The van der Waals surface area contributed by atoms with Crippen LogP contribution in [0.2, 0.25) is 0 Å². The Morgan fingerprint density at radius 2 is 2.00 bits per heavy atom. The Morgan fingerprint density at radius 1 is 1.42 bits per heavy atom. The molecule has 1 heterocycles. The van der Waals surface area contributed by atoms with Crippen molar-refractivity contribution in [3.8, 4) is 0 Å². The van der Waals surface area contributed by atoms with Gasteiger partial charge in [-0.25, -0.2) is 4.98 Å². The van der Waals surface area contributed by atoms with E-state index in [4.69, 9.17) is 11.1 Å².